The molecule has 7 heteroatoms. The molecule has 0 bridgehead atoms. The number of para-hydroxylation sites is 1. The summed E-state index contributed by atoms with van der Waals surface area (Å²) in [5.41, 5.74) is 3.36. The predicted octanol–water partition coefficient (Wildman–Crippen LogP) is 3.87. The van der Waals surface area contributed by atoms with Gasteiger partial charge in [0.1, 0.15) is 5.82 Å². The highest BCUT2D eigenvalue weighted by Gasteiger charge is 2.20. The number of hydrogen-bond acceptors (Lipinski definition) is 3. The van der Waals surface area contributed by atoms with Gasteiger partial charge in [0.2, 0.25) is 15.9 Å². The summed E-state index contributed by atoms with van der Waals surface area (Å²) in [6, 6.07) is 11.6. The Balaban J connectivity index is 1.95. The van der Waals surface area contributed by atoms with Crippen molar-refractivity contribution in [1.82, 2.24) is 5.32 Å². The van der Waals surface area contributed by atoms with E-state index in [1.807, 2.05) is 39.0 Å². The highest BCUT2D eigenvalue weighted by molar-refractivity contribution is 7.92. The second-order valence-corrected chi connectivity index (χ2v) is 8.93. The molecule has 0 aliphatic carbocycles. The first-order valence-corrected chi connectivity index (χ1v) is 11.0. The molecule has 0 saturated heterocycles. The standard InChI is InChI=1S/C21H27FN2O3S/c1-15-11-12-18(14-16(15)2)17(3)23-21(25)10-7-13-24(28(4,26)27)20-9-6-5-8-19(20)22/h5-6,8-9,11-12,14,17H,7,10,13H2,1-4H3,(H,23,25). The van der Waals surface area contributed by atoms with Crippen LogP contribution in [0.25, 0.3) is 0 Å². The number of benzene rings is 2. The van der Waals surface area contributed by atoms with E-state index >= 15 is 0 Å². The smallest absolute Gasteiger partial charge is 0.232 e. The van der Waals surface area contributed by atoms with Crippen LogP contribution in [0, 0.1) is 19.7 Å². The van der Waals surface area contributed by atoms with Crippen LogP contribution in [0.1, 0.15) is 42.5 Å². The van der Waals surface area contributed by atoms with Crippen molar-refractivity contribution in [3.8, 4) is 0 Å². The summed E-state index contributed by atoms with van der Waals surface area (Å²) in [6.07, 6.45) is 1.46. The lowest BCUT2D eigenvalue weighted by Gasteiger charge is -2.23. The molecule has 0 saturated carbocycles. The number of halogens is 1. The van der Waals surface area contributed by atoms with Crippen LogP contribution in [0.3, 0.4) is 0 Å². The molecule has 0 heterocycles. The molecular weight excluding hydrogens is 379 g/mol. The molecule has 1 N–H and O–H groups in total. The Morgan fingerprint density at radius 3 is 2.43 bits per heavy atom. The van der Waals surface area contributed by atoms with Crippen molar-refractivity contribution < 1.29 is 17.6 Å². The van der Waals surface area contributed by atoms with Crippen molar-refractivity contribution >= 4 is 21.6 Å². The number of sulfonamides is 1. The van der Waals surface area contributed by atoms with Crippen LogP contribution in [0.2, 0.25) is 0 Å². The molecule has 0 radical (unpaired) electrons. The number of nitrogens with one attached hydrogen (secondary N) is 1. The van der Waals surface area contributed by atoms with E-state index in [4.69, 9.17) is 0 Å². The molecule has 0 aliphatic heterocycles. The number of carbonyl (C=O) groups is 1. The van der Waals surface area contributed by atoms with Crippen LogP contribution in [-0.4, -0.2) is 27.1 Å². The van der Waals surface area contributed by atoms with Gasteiger partial charge in [0, 0.05) is 13.0 Å². The Morgan fingerprint density at radius 1 is 1.14 bits per heavy atom. The number of aryl methyl sites for hydroxylation is 2. The maximum absolute atomic E-state index is 14.0. The number of anilines is 1. The van der Waals surface area contributed by atoms with E-state index in [1.54, 1.807) is 6.07 Å². The van der Waals surface area contributed by atoms with Crippen LogP contribution in [-0.2, 0) is 14.8 Å². The van der Waals surface area contributed by atoms with Gasteiger partial charge in [-0.15, -0.1) is 0 Å². The number of nitrogens with zero attached hydrogens (tertiary/aromatic N) is 1. The number of rotatable bonds is 8. The minimum Gasteiger partial charge on any atom is -0.350 e. The molecule has 2 aromatic rings. The first kappa shape index (κ1) is 21.9. The Kier molecular flexibility index (Phi) is 7.18. The largest absolute Gasteiger partial charge is 0.350 e. The van der Waals surface area contributed by atoms with Gasteiger partial charge in [-0.25, -0.2) is 12.8 Å². The summed E-state index contributed by atoms with van der Waals surface area (Å²) < 4.78 is 39.1. The molecule has 0 aliphatic rings. The molecule has 0 fully saturated rings. The second-order valence-electron chi connectivity index (χ2n) is 7.02. The van der Waals surface area contributed by atoms with Crippen LogP contribution in [0.5, 0.6) is 0 Å². The van der Waals surface area contributed by atoms with Gasteiger partial charge in [-0.05, 0) is 56.0 Å². The quantitative estimate of drug-likeness (QED) is 0.724. The third-order valence-electron chi connectivity index (χ3n) is 4.69. The fourth-order valence-electron chi connectivity index (χ4n) is 2.93. The van der Waals surface area contributed by atoms with Gasteiger partial charge in [0.25, 0.3) is 0 Å². The number of hydrogen-bond donors (Lipinski definition) is 1. The van der Waals surface area contributed by atoms with E-state index in [0.29, 0.717) is 0 Å². The van der Waals surface area contributed by atoms with Crippen molar-refractivity contribution in [3.63, 3.8) is 0 Å². The third-order valence-corrected chi connectivity index (χ3v) is 5.87. The minimum absolute atomic E-state index is 0.00564. The van der Waals surface area contributed by atoms with E-state index in [2.05, 4.69) is 5.32 Å². The SMILES string of the molecule is Cc1ccc(C(C)NC(=O)CCCN(c2ccccc2F)S(C)(=O)=O)cc1C. The van der Waals surface area contributed by atoms with Crippen LogP contribution >= 0.6 is 0 Å². The summed E-state index contributed by atoms with van der Waals surface area (Å²) in [5.74, 6) is -0.784. The van der Waals surface area contributed by atoms with Gasteiger partial charge in [0.15, 0.2) is 0 Å². The van der Waals surface area contributed by atoms with Gasteiger partial charge < -0.3 is 5.32 Å². The lowest BCUT2D eigenvalue weighted by atomic mass is 10.0. The zero-order valence-corrected chi connectivity index (χ0v) is 17.5. The normalized spacial score (nSPS) is 12.5. The van der Waals surface area contributed by atoms with E-state index in [9.17, 15) is 17.6 Å². The molecular formula is C21H27FN2O3S. The third kappa shape index (κ3) is 5.79. The van der Waals surface area contributed by atoms with Gasteiger partial charge >= 0.3 is 0 Å². The summed E-state index contributed by atoms with van der Waals surface area (Å²) in [4.78, 5) is 12.3. The molecule has 1 atom stereocenters. The maximum Gasteiger partial charge on any atom is 0.232 e. The molecule has 1 unspecified atom stereocenters. The summed E-state index contributed by atoms with van der Waals surface area (Å²) in [7, 11) is -3.65. The molecule has 0 aromatic heterocycles. The fourth-order valence-corrected chi connectivity index (χ4v) is 3.90. The summed E-state index contributed by atoms with van der Waals surface area (Å²) in [6.45, 7) is 6.00. The average molecular weight is 407 g/mol. The van der Waals surface area contributed by atoms with E-state index < -0.39 is 15.8 Å². The Labute approximate surface area is 166 Å². The van der Waals surface area contributed by atoms with Crippen molar-refractivity contribution in [2.75, 3.05) is 17.1 Å². The Morgan fingerprint density at radius 2 is 1.82 bits per heavy atom. The van der Waals surface area contributed by atoms with Crippen molar-refractivity contribution in [3.05, 3.63) is 65.0 Å². The van der Waals surface area contributed by atoms with Gasteiger partial charge in [-0.2, -0.15) is 0 Å². The lowest BCUT2D eigenvalue weighted by Crippen LogP contribution is -2.33. The van der Waals surface area contributed by atoms with Gasteiger partial charge in [-0.3, -0.25) is 9.10 Å². The second kappa shape index (κ2) is 9.19. The zero-order valence-electron chi connectivity index (χ0n) is 16.7. The fraction of sp³-hybridized carbons (Fsp3) is 0.381. The highest BCUT2D eigenvalue weighted by atomic mass is 32.2. The Hall–Kier alpha value is -2.41. The van der Waals surface area contributed by atoms with E-state index in [-0.39, 0.29) is 37.0 Å². The van der Waals surface area contributed by atoms with Crippen LogP contribution in [0.4, 0.5) is 10.1 Å². The molecule has 0 spiro atoms. The zero-order chi connectivity index (χ0) is 20.9. The average Bonchev–Trinajstić information content (AvgIpc) is 2.61. The number of amides is 1. The highest BCUT2D eigenvalue weighted by Crippen LogP contribution is 2.22. The molecule has 5 nitrogen and oxygen atoms in total. The monoisotopic (exact) mass is 406 g/mol. The minimum atomic E-state index is -3.65. The van der Waals surface area contributed by atoms with Gasteiger partial charge in [-0.1, -0.05) is 30.3 Å². The molecule has 152 valence electrons. The maximum atomic E-state index is 14.0. The van der Waals surface area contributed by atoms with Gasteiger partial charge in [0.05, 0.1) is 18.0 Å². The summed E-state index contributed by atoms with van der Waals surface area (Å²) in [5, 5.41) is 2.93. The van der Waals surface area contributed by atoms with E-state index in [0.717, 1.165) is 21.7 Å². The summed E-state index contributed by atoms with van der Waals surface area (Å²) >= 11 is 0. The first-order valence-electron chi connectivity index (χ1n) is 9.18. The van der Waals surface area contributed by atoms with Crippen molar-refractivity contribution in [2.24, 2.45) is 0 Å². The topological polar surface area (TPSA) is 66.5 Å². The number of carbonyl (C=O) groups excluding carboxylic acids is 1. The first-order chi connectivity index (χ1) is 13.1. The van der Waals surface area contributed by atoms with Crippen LogP contribution in [0.15, 0.2) is 42.5 Å². The Bertz CT molecular complexity index is 944. The molecule has 28 heavy (non-hydrogen) atoms. The van der Waals surface area contributed by atoms with Crippen molar-refractivity contribution in [1.29, 1.82) is 0 Å². The molecule has 2 aromatic carbocycles. The lowest BCUT2D eigenvalue weighted by molar-refractivity contribution is -0.121. The van der Waals surface area contributed by atoms with E-state index in [1.165, 1.54) is 23.8 Å². The van der Waals surface area contributed by atoms with Crippen molar-refractivity contribution in [2.45, 2.75) is 39.7 Å². The molecule has 1 amide bonds. The predicted molar refractivity (Wildman–Crippen MR) is 110 cm³/mol. The van der Waals surface area contributed by atoms with Crippen LogP contribution < -0.4 is 9.62 Å². The molecule has 2 rings (SSSR count).